The molecule has 1 aromatic heterocycles. The first-order valence-electron chi connectivity index (χ1n) is 8.74. The SMILES string of the molecule is COC(=O)[C@]1(Cc2ccc(O)cc2)N[C@H](c2nccs2)[C@@H]2C(=O)N(C)C(=O)[C@@H]21. The Kier molecular flexibility index (Phi) is 4.43. The van der Waals surface area contributed by atoms with Crippen LogP contribution < -0.4 is 5.32 Å². The highest BCUT2D eigenvalue weighted by Crippen LogP contribution is 2.50. The molecule has 3 heterocycles. The Labute approximate surface area is 165 Å². The van der Waals surface area contributed by atoms with Gasteiger partial charge in [0.15, 0.2) is 0 Å². The van der Waals surface area contributed by atoms with Gasteiger partial charge in [-0.15, -0.1) is 11.3 Å². The third-order valence-electron chi connectivity index (χ3n) is 5.56. The summed E-state index contributed by atoms with van der Waals surface area (Å²) in [7, 11) is 2.70. The van der Waals surface area contributed by atoms with Gasteiger partial charge in [-0.3, -0.25) is 24.6 Å². The van der Waals surface area contributed by atoms with Crippen molar-refractivity contribution in [3.05, 3.63) is 46.4 Å². The van der Waals surface area contributed by atoms with E-state index in [0.717, 1.165) is 10.5 Å². The molecular weight excluding hydrogens is 382 g/mol. The largest absolute Gasteiger partial charge is 0.508 e. The molecule has 2 aliphatic rings. The molecule has 0 unspecified atom stereocenters. The van der Waals surface area contributed by atoms with Crippen molar-refractivity contribution in [1.82, 2.24) is 15.2 Å². The van der Waals surface area contributed by atoms with Crippen molar-refractivity contribution in [3.63, 3.8) is 0 Å². The van der Waals surface area contributed by atoms with E-state index in [1.54, 1.807) is 23.7 Å². The molecule has 9 heteroatoms. The van der Waals surface area contributed by atoms with Crippen molar-refractivity contribution in [3.8, 4) is 5.75 Å². The molecule has 2 fully saturated rings. The number of hydrogen-bond acceptors (Lipinski definition) is 8. The minimum absolute atomic E-state index is 0.0978. The number of phenols is 1. The first kappa shape index (κ1) is 18.6. The van der Waals surface area contributed by atoms with Crippen LogP contribution in [0.1, 0.15) is 16.6 Å². The fraction of sp³-hybridized carbons (Fsp3) is 0.368. The Hall–Kier alpha value is -2.78. The van der Waals surface area contributed by atoms with Crippen molar-refractivity contribution in [2.75, 3.05) is 14.2 Å². The summed E-state index contributed by atoms with van der Waals surface area (Å²) in [4.78, 5) is 44.2. The Morgan fingerprint density at radius 2 is 2.04 bits per heavy atom. The molecule has 4 atom stereocenters. The lowest BCUT2D eigenvalue weighted by atomic mass is 9.76. The highest BCUT2D eigenvalue weighted by atomic mass is 32.1. The summed E-state index contributed by atoms with van der Waals surface area (Å²) in [6.45, 7) is 0. The van der Waals surface area contributed by atoms with E-state index in [-0.39, 0.29) is 18.1 Å². The van der Waals surface area contributed by atoms with Gasteiger partial charge in [0.1, 0.15) is 16.3 Å². The fourth-order valence-corrected chi connectivity index (χ4v) is 5.02. The van der Waals surface area contributed by atoms with E-state index in [1.165, 1.54) is 37.6 Å². The van der Waals surface area contributed by atoms with Gasteiger partial charge in [-0.05, 0) is 17.7 Å². The predicted octanol–water partition coefficient (Wildman–Crippen LogP) is 0.878. The summed E-state index contributed by atoms with van der Waals surface area (Å²) in [6, 6.07) is 5.82. The van der Waals surface area contributed by atoms with Crippen LogP contribution >= 0.6 is 11.3 Å². The van der Waals surface area contributed by atoms with Crippen LogP contribution in [0.4, 0.5) is 0 Å². The number of rotatable bonds is 4. The zero-order valence-electron chi connectivity index (χ0n) is 15.3. The zero-order valence-corrected chi connectivity index (χ0v) is 16.1. The number of aromatic nitrogens is 1. The number of carbonyl (C=O) groups is 3. The molecule has 28 heavy (non-hydrogen) atoms. The topological polar surface area (TPSA) is 109 Å². The van der Waals surface area contributed by atoms with Gasteiger partial charge in [-0.1, -0.05) is 12.1 Å². The first-order chi connectivity index (χ1) is 13.4. The van der Waals surface area contributed by atoms with Crippen molar-refractivity contribution >= 4 is 29.1 Å². The van der Waals surface area contributed by atoms with E-state index < -0.39 is 35.3 Å². The molecule has 0 saturated carbocycles. The second-order valence-corrected chi connectivity index (χ2v) is 7.96. The number of esters is 1. The molecule has 8 nitrogen and oxygen atoms in total. The Morgan fingerprint density at radius 1 is 1.32 bits per heavy atom. The number of imide groups is 1. The van der Waals surface area contributed by atoms with Gasteiger partial charge < -0.3 is 9.84 Å². The minimum atomic E-state index is -1.41. The van der Waals surface area contributed by atoms with Crippen molar-refractivity contribution in [2.24, 2.45) is 11.8 Å². The number of phenolic OH excluding ortho intramolecular Hbond substituents is 1. The van der Waals surface area contributed by atoms with Crippen LogP contribution in [-0.4, -0.2) is 52.5 Å². The average molecular weight is 401 g/mol. The monoisotopic (exact) mass is 401 g/mol. The van der Waals surface area contributed by atoms with Gasteiger partial charge in [0, 0.05) is 25.0 Å². The molecule has 0 aliphatic carbocycles. The number of aromatic hydroxyl groups is 1. The lowest BCUT2D eigenvalue weighted by Gasteiger charge is -2.32. The number of benzene rings is 1. The normalized spacial score (nSPS) is 29.2. The maximum Gasteiger partial charge on any atom is 0.327 e. The summed E-state index contributed by atoms with van der Waals surface area (Å²) in [5.74, 6) is -2.89. The van der Waals surface area contributed by atoms with E-state index in [4.69, 9.17) is 4.74 Å². The van der Waals surface area contributed by atoms with Gasteiger partial charge >= 0.3 is 5.97 Å². The molecule has 4 rings (SSSR count). The second-order valence-electron chi connectivity index (χ2n) is 7.04. The molecule has 2 amide bonds. The quantitative estimate of drug-likeness (QED) is 0.578. The van der Waals surface area contributed by atoms with E-state index >= 15 is 0 Å². The van der Waals surface area contributed by atoms with Gasteiger partial charge in [0.2, 0.25) is 11.8 Å². The van der Waals surface area contributed by atoms with Gasteiger partial charge in [-0.25, -0.2) is 4.98 Å². The molecule has 0 radical (unpaired) electrons. The number of thiazole rings is 1. The Morgan fingerprint density at radius 3 is 2.64 bits per heavy atom. The lowest BCUT2D eigenvalue weighted by Crippen LogP contribution is -2.57. The van der Waals surface area contributed by atoms with E-state index in [0.29, 0.717) is 5.01 Å². The molecule has 146 valence electrons. The van der Waals surface area contributed by atoms with Crippen LogP contribution in [-0.2, 0) is 25.5 Å². The molecule has 2 N–H and O–H groups in total. The van der Waals surface area contributed by atoms with Crippen molar-refractivity contribution in [2.45, 2.75) is 18.0 Å². The van der Waals surface area contributed by atoms with E-state index in [9.17, 15) is 19.5 Å². The van der Waals surface area contributed by atoms with Crippen LogP contribution in [0.2, 0.25) is 0 Å². The molecule has 0 spiro atoms. The Bertz CT molecular complexity index is 930. The number of hydrogen-bond donors (Lipinski definition) is 2. The summed E-state index contributed by atoms with van der Waals surface area (Å²) in [5, 5.41) is 15.2. The van der Waals surface area contributed by atoms with Crippen LogP contribution in [0.25, 0.3) is 0 Å². The van der Waals surface area contributed by atoms with Gasteiger partial charge in [-0.2, -0.15) is 0 Å². The Balaban J connectivity index is 1.84. The third kappa shape index (κ3) is 2.61. The van der Waals surface area contributed by atoms with Crippen LogP contribution in [0, 0.1) is 11.8 Å². The number of likely N-dealkylation sites (tertiary alicyclic amines) is 1. The number of ether oxygens (including phenoxy) is 1. The molecular formula is C19H19N3O5S. The van der Waals surface area contributed by atoms with E-state index in [2.05, 4.69) is 10.3 Å². The lowest BCUT2D eigenvalue weighted by molar-refractivity contribution is -0.153. The van der Waals surface area contributed by atoms with E-state index in [1.807, 2.05) is 0 Å². The van der Waals surface area contributed by atoms with Crippen molar-refractivity contribution in [1.29, 1.82) is 0 Å². The number of carbonyl (C=O) groups excluding carboxylic acids is 3. The number of methoxy groups -OCH3 is 1. The molecule has 2 saturated heterocycles. The second kappa shape index (κ2) is 6.68. The van der Waals surface area contributed by atoms with Crippen LogP contribution in [0.5, 0.6) is 5.75 Å². The van der Waals surface area contributed by atoms with Gasteiger partial charge in [0.25, 0.3) is 0 Å². The predicted molar refractivity (Wildman–Crippen MR) is 99.3 cm³/mol. The number of nitrogens with zero attached hydrogens (tertiary/aromatic N) is 2. The highest BCUT2D eigenvalue weighted by Gasteiger charge is 2.68. The van der Waals surface area contributed by atoms with Crippen LogP contribution in [0.3, 0.4) is 0 Å². The summed E-state index contributed by atoms with van der Waals surface area (Å²) < 4.78 is 5.08. The molecule has 1 aromatic carbocycles. The smallest absolute Gasteiger partial charge is 0.327 e. The summed E-state index contributed by atoms with van der Waals surface area (Å²) in [5.41, 5.74) is -0.687. The molecule has 2 aromatic rings. The standard InChI is InChI=1S/C19H19N3O5S/c1-22-16(24)12-13(17(22)25)19(18(26)27-2,9-10-3-5-11(23)6-4-10)21-14(12)15-20-7-8-28-15/h3-8,12-14,21,23H,9H2,1-2H3/t12-,13-,14+,19-/m1/s1. The fourth-order valence-electron chi connectivity index (χ4n) is 4.29. The number of nitrogens with one attached hydrogen (secondary N) is 1. The van der Waals surface area contributed by atoms with Crippen molar-refractivity contribution < 1.29 is 24.2 Å². The zero-order chi connectivity index (χ0) is 20.1. The summed E-state index contributed by atoms with van der Waals surface area (Å²) in [6.07, 6.45) is 1.76. The average Bonchev–Trinajstić information content (AvgIpc) is 3.38. The number of amides is 2. The highest BCUT2D eigenvalue weighted by molar-refractivity contribution is 7.09. The van der Waals surface area contributed by atoms with Crippen LogP contribution in [0.15, 0.2) is 35.8 Å². The molecule has 2 aliphatic heterocycles. The summed E-state index contributed by atoms with van der Waals surface area (Å²) >= 11 is 1.36. The van der Waals surface area contributed by atoms with Gasteiger partial charge in [0.05, 0.1) is 25.0 Å². The number of fused-ring (bicyclic) bond motifs is 1. The minimum Gasteiger partial charge on any atom is -0.508 e. The maximum atomic E-state index is 13.0. The maximum absolute atomic E-state index is 13.0. The third-order valence-corrected chi connectivity index (χ3v) is 6.42. The molecule has 0 bridgehead atoms. The first-order valence-corrected chi connectivity index (χ1v) is 9.62.